The maximum absolute atomic E-state index is 12.8. The van der Waals surface area contributed by atoms with Crippen molar-refractivity contribution in [2.24, 2.45) is 0 Å². The monoisotopic (exact) mass is 338 g/mol. The van der Waals surface area contributed by atoms with Crippen molar-refractivity contribution < 1.29 is 9.59 Å². The quantitative estimate of drug-likeness (QED) is 0.921. The number of hydrogen-bond acceptors (Lipinski definition) is 2. The number of amides is 2. The molecule has 20 heavy (non-hydrogen) atoms. The molecule has 0 aliphatic carbocycles. The maximum Gasteiger partial charge on any atom is 0.253 e. The lowest BCUT2D eigenvalue weighted by Gasteiger charge is -2.41. The fourth-order valence-electron chi connectivity index (χ4n) is 2.60. The molecule has 5 heteroatoms. The Morgan fingerprint density at radius 3 is 2.55 bits per heavy atom. The Bertz CT molecular complexity index is 553. The zero-order chi connectivity index (χ0) is 14.9. The molecule has 0 bridgehead atoms. The average Bonchev–Trinajstić information content (AvgIpc) is 2.44. The average molecular weight is 339 g/mol. The highest BCUT2D eigenvalue weighted by atomic mass is 79.9. The van der Waals surface area contributed by atoms with Gasteiger partial charge in [-0.25, -0.2) is 0 Å². The SMILES string of the molecule is CCC1(CC)NC(=O)CN(c2cccc(C)c2Br)C1=O. The molecule has 1 saturated heterocycles. The molecule has 1 fully saturated rings. The van der Waals surface area contributed by atoms with E-state index in [1.165, 1.54) is 0 Å². The highest BCUT2D eigenvalue weighted by molar-refractivity contribution is 9.10. The van der Waals surface area contributed by atoms with Crippen LogP contribution < -0.4 is 10.2 Å². The molecule has 1 aliphatic heterocycles. The summed E-state index contributed by atoms with van der Waals surface area (Å²) >= 11 is 3.52. The van der Waals surface area contributed by atoms with Crippen molar-refractivity contribution in [3.8, 4) is 0 Å². The summed E-state index contributed by atoms with van der Waals surface area (Å²) in [5.74, 6) is -0.143. The van der Waals surface area contributed by atoms with Gasteiger partial charge in [-0.05, 0) is 47.3 Å². The van der Waals surface area contributed by atoms with Crippen LogP contribution >= 0.6 is 15.9 Å². The normalized spacial score (nSPS) is 18.1. The van der Waals surface area contributed by atoms with Crippen LogP contribution in [0.15, 0.2) is 22.7 Å². The minimum absolute atomic E-state index is 0.0339. The third kappa shape index (κ3) is 2.35. The molecular formula is C15H19BrN2O2. The second-order valence-corrected chi connectivity index (χ2v) is 5.93. The number of hydrogen-bond donors (Lipinski definition) is 1. The molecule has 1 aromatic rings. The van der Waals surface area contributed by atoms with E-state index in [1.807, 2.05) is 39.0 Å². The number of halogens is 1. The molecule has 1 aliphatic rings. The summed E-state index contributed by atoms with van der Waals surface area (Å²) in [6.07, 6.45) is 1.18. The van der Waals surface area contributed by atoms with Crippen LogP contribution in [0.5, 0.6) is 0 Å². The molecule has 2 amide bonds. The summed E-state index contributed by atoms with van der Waals surface area (Å²) < 4.78 is 0.865. The Morgan fingerprint density at radius 1 is 1.30 bits per heavy atom. The fraction of sp³-hybridized carbons (Fsp3) is 0.467. The predicted octanol–water partition coefficient (Wildman–Crippen LogP) is 2.78. The lowest BCUT2D eigenvalue weighted by molar-refractivity contribution is -0.136. The van der Waals surface area contributed by atoms with E-state index in [4.69, 9.17) is 0 Å². The summed E-state index contributed by atoms with van der Waals surface area (Å²) in [7, 11) is 0. The van der Waals surface area contributed by atoms with Gasteiger partial charge in [0, 0.05) is 4.47 Å². The van der Waals surface area contributed by atoms with E-state index < -0.39 is 5.54 Å². The number of rotatable bonds is 3. The van der Waals surface area contributed by atoms with E-state index in [9.17, 15) is 9.59 Å². The first-order valence-electron chi connectivity index (χ1n) is 6.83. The Hall–Kier alpha value is -1.36. The number of carbonyl (C=O) groups is 2. The Balaban J connectivity index is 2.48. The van der Waals surface area contributed by atoms with Crippen molar-refractivity contribution in [2.45, 2.75) is 39.2 Å². The van der Waals surface area contributed by atoms with Crippen LogP contribution in [-0.4, -0.2) is 23.9 Å². The van der Waals surface area contributed by atoms with Crippen LogP contribution in [0.2, 0.25) is 0 Å². The molecule has 0 radical (unpaired) electrons. The number of anilines is 1. The number of carbonyl (C=O) groups excluding carboxylic acids is 2. The molecule has 4 nitrogen and oxygen atoms in total. The summed E-state index contributed by atoms with van der Waals surface area (Å²) in [6, 6.07) is 5.73. The molecule has 1 heterocycles. The van der Waals surface area contributed by atoms with E-state index in [0.717, 1.165) is 15.7 Å². The third-order valence-electron chi connectivity index (χ3n) is 4.00. The van der Waals surface area contributed by atoms with Crippen LogP contribution in [0, 0.1) is 6.92 Å². The highest BCUT2D eigenvalue weighted by Gasteiger charge is 2.44. The van der Waals surface area contributed by atoms with Gasteiger partial charge in [0.25, 0.3) is 5.91 Å². The number of aryl methyl sites for hydroxylation is 1. The minimum atomic E-state index is -0.779. The van der Waals surface area contributed by atoms with Crippen molar-refractivity contribution in [1.82, 2.24) is 5.32 Å². The Morgan fingerprint density at radius 2 is 1.95 bits per heavy atom. The van der Waals surface area contributed by atoms with Crippen LogP contribution in [0.25, 0.3) is 0 Å². The molecule has 0 spiro atoms. The van der Waals surface area contributed by atoms with Gasteiger partial charge in [0.1, 0.15) is 12.1 Å². The first kappa shape index (κ1) is 15.0. The molecular weight excluding hydrogens is 320 g/mol. The van der Waals surface area contributed by atoms with E-state index >= 15 is 0 Å². The van der Waals surface area contributed by atoms with Crippen molar-refractivity contribution >= 4 is 33.4 Å². The van der Waals surface area contributed by atoms with Gasteiger partial charge in [-0.1, -0.05) is 26.0 Å². The number of piperazine rings is 1. The molecule has 0 saturated carbocycles. The molecule has 0 aromatic heterocycles. The largest absolute Gasteiger partial charge is 0.340 e. The zero-order valence-corrected chi connectivity index (χ0v) is 13.6. The van der Waals surface area contributed by atoms with Crippen LogP contribution in [0.1, 0.15) is 32.3 Å². The molecule has 108 valence electrons. The van der Waals surface area contributed by atoms with Crippen molar-refractivity contribution in [2.75, 3.05) is 11.4 Å². The first-order valence-corrected chi connectivity index (χ1v) is 7.62. The van der Waals surface area contributed by atoms with Crippen LogP contribution in [0.3, 0.4) is 0 Å². The predicted molar refractivity (Wildman–Crippen MR) is 82.7 cm³/mol. The Kier molecular flexibility index (Phi) is 4.18. The van der Waals surface area contributed by atoms with Gasteiger partial charge >= 0.3 is 0 Å². The van der Waals surface area contributed by atoms with Crippen LogP contribution in [0.4, 0.5) is 5.69 Å². The number of benzene rings is 1. The Labute approximate surface area is 127 Å². The summed E-state index contributed by atoms with van der Waals surface area (Å²) in [5.41, 5.74) is 1.02. The van der Waals surface area contributed by atoms with Gasteiger partial charge < -0.3 is 5.32 Å². The van der Waals surface area contributed by atoms with Gasteiger partial charge in [0.2, 0.25) is 5.91 Å². The zero-order valence-electron chi connectivity index (χ0n) is 12.0. The number of nitrogens with zero attached hydrogens (tertiary/aromatic N) is 1. The van der Waals surface area contributed by atoms with Crippen molar-refractivity contribution in [3.05, 3.63) is 28.2 Å². The van der Waals surface area contributed by atoms with Gasteiger partial charge in [0.15, 0.2) is 0 Å². The van der Waals surface area contributed by atoms with Gasteiger partial charge in [0.05, 0.1) is 5.69 Å². The van der Waals surface area contributed by atoms with E-state index in [0.29, 0.717) is 12.8 Å². The second-order valence-electron chi connectivity index (χ2n) is 5.14. The van der Waals surface area contributed by atoms with E-state index in [1.54, 1.807) is 4.90 Å². The fourth-order valence-corrected chi connectivity index (χ4v) is 3.08. The summed E-state index contributed by atoms with van der Waals surface area (Å²) in [6.45, 7) is 5.89. The summed E-state index contributed by atoms with van der Waals surface area (Å²) in [4.78, 5) is 26.4. The summed E-state index contributed by atoms with van der Waals surface area (Å²) in [5, 5.41) is 2.87. The maximum atomic E-state index is 12.8. The molecule has 0 atom stereocenters. The van der Waals surface area contributed by atoms with Crippen molar-refractivity contribution in [1.29, 1.82) is 0 Å². The van der Waals surface area contributed by atoms with E-state index in [-0.39, 0.29) is 18.4 Å². The lowest BCUT2D eigenvalue weighted by atomic mass is 9.88. The highest BCUT2D eigenvalue weighted by Crippen LogP contribution is 2.33. The first-order chi connectivity index (χ1) is 9.45. The molecule has 0 unspecified atom stereocenters. The number of nitrogens with one attached hydrogen (secondary N) is 1. The molecule has 2 rings (SSSR count). The van der Waals surface area contributed by atoms with Crippen LogP contribution in [-0.2, 0) is 9.59 Å². The standard InChI is InChI=1S/C15H19BrN2O2/c1-4-15(5-2)14(20)18(9-12(19)17-15)11-8-6-7-10(3)13(11)16/h6-8H,4-5,9H2,1-3H3,(H,17,19). The topological polar surface area (TPSA) is 49.4 Å². The molecule has 1 aromatic carbocycles. The van der Waals surface area contributed by atoms with E-state index in [2.05, 4.69) is 21.2 Å². The second kappa shape index (κ2) is 5.56. The minimum Gasteiger partial charge on any atom is -0.340 e. The smallest absolute Gasteiger partial charge is 0.253 e. The molecule has 1 N–H and O–H groups in total. The lowest BCUT2D eigenvalue weighted by Crippen LogP contribution is -2.66. The third-order valence-corrected chi connectivity index (χ3v) is 5.04. The van der Waals surface area contributed by atoms with Crippen molar-refractivity contribution in [3.63, 3.8) is 0 Å². The van der Waals surface area contributed by atoms with Gasteiger partial charge in [-0.3, -0.25) is 14.5 Å². The van der Waals surface area contributed by atoms with Gasteiger partial charge in [-0.2, -0.15) is 0 Å². The van der Waals surface area contributed by atoms with Gasteiger partial charge in [-0.15, -0.1) is 0 Å².